The van der Waals surface area contributed by atoms with Gasteiger partial charge < -0.3 is 10.2 Å². The number of benzene rings is 2. The smallest absolute Gasteiger partial charge is 0.367 e. The molecular weight excluding hydrogens is 387 g/mol. The molecule has 0 fully saturated rings. The van der Waals surface area contributed by atoms with E-state index in [2.05, 4.69) is 10.3 Å². The molecule has 144 valence electrons. The summed E-state index contributed by atoms with van der Waals surface area (Å²) in [6.45, 7) is 1.27. The Bertz CT molecular complexity index is 990. The third kappa shape index (κ3) is 3.78. The van der Waals surface area contributed by atoms with Gasteiger partial charge in [-0.05, 0) is 35.4 Å². The molecule has 28 heavy (non-hydrogen) atoms. The molecule has 1 aliphatic rings. The quantitative estimate of drug-likeness (QED) is 0.594. The van der Waals surface area contributed by atoms with Gasteiger partial charge in [0.25, 0.3) is 0 Å². The van der Waals surface area contributed by atoms with E-state index in [0.29, 0.717) is 18.9 Å². The lowest BCUT2D eigenvalue weighted by molar-refractivity contribution is -0.138. The SMILES string of the molecule is FC(F)(F)c1ccc(Cl)cc1CN1CCNc2ncc(-c3ccccc3)cc21. The first-order valence-corrected chi connectivity index (χ1v) is 9.19. The van der Waals surface area contributed by atoms with Crippen LogP contribution in [0.15, 0.2) is 60.8 Å². The average molecular weight is 404 g/mol. The molecule has 0 unspecified atom stereocenters. The van der Waals surface area contributed by atoms with Gasteiger partial charge in [0, 0.05) is 36.4 Å². The molecule has 2 aromatic carbocycles. The third-order valence-corrected chi connectivity index (χ3v) is 4.96. The normalized spacial score (nSPS) is 13.8. The number of hydrogen-bond acceptors (Lipinski definition) is 3. The van der Waals surface area contributed by atoms with Crippen molar-refractivity contribution < 1.29 is 13.2 Å². The van der Waals surface area contributed by atoms with E-state index >= 15 is 0 Å². The molecule has 0 aliphatic carbocycles. The summed E-state index contributed by atoms with van der Waals surface area (Å²) in [5, 5.41) is 3.50. The highest BCUT2D eigenvalue weighted by Crippen LogP contribution is 2.37. The number of anilines is 2. The largest absolute Gasteiger partial charge is 0.416 e. The summed E-state index contributed by atoms with van der Waals surface area (Å²) >= 11 is 5.98. The Morgan fingerprint density at radius 2 is 1.82 bits per heavy atom. The molecular formula is C21H17ClF3N3. The van der Waals surface area contributed by atoms with Crippen LogP contribution in [-0.4, -0.2) is 18.1 Å². The molecule has 2 heterocycles. The minimum atomic E-state index is -4.43. The van der Waals surface area contributed by atoms with Crippen molar-refractivity contribution in [2.24, 2.45) is 0 Å². The van der Waals surface area contributed by atoms with Crippen LogP contribution in [0.5, 0.6) is 0 Å². The molecule has 1 N–H and O–H groups in total. The third-order valence-electron chi connectivity index (χ3n) is 4.72. The van der Waals surface area contributed by atoms with Crippen molar-refractivity contribution in [2.75, 3.05) is 23.3 Å². The molecule has 3 nitrogen and oxygen atoms in total. The summed E-state index contributed by atoms with van der Waals surface area (Å²) in [5.41, 5.74) is 2.18. The molecule has 4 rings (SSSR count). The second kappa shape index (κ2) is 7.36. The Morgan fingerprint density at radius 3 is 2.57 bits per heavy atom. The molecule has 1 aromatic heterocycles. The van der Waals surface area contributed by atoms with Gasteiger partial charge >= 0.3 is 6.18 Å². The number of halogens is 4. The summed E-state index contributed by atoms with van der Waals surface area (Å²) in [5.74, 6) is 0.668. The highest BCUT2D eigenvalue weighted by Gasteiger charge is 2.34. The zero-order chi connectivity index (χ0) is 19.7. The maximum absolute atomic E-state index is 13.4. The van der Waals surface area contributed by atoms with Crippen LogP contribution in [0.2, 0.25) is 5.02 Å². The van der Waals surface area contributed by atoms with E-state index in [-0.39, 0.29) is 17.1 Å². The van der Waals surface area contributed by atoms with Crippen LogP contribution in [0.1, 0.15) is 11.1 Å². The van der Waals surface area contributed by atoms with Crippen molar-refractivity contribution in [2.45, 2.75) is 12.7 Å². The van der Waals surface area contributed by atoms with E-state index in [0.717, 1.165) is 22.9 Å². The highest BCUT2D eigenvalue weighted by molar-refractivity contribution is 6.30. The maximum Gasteiger partial charge on any atom is 0.416 e. The van der Waals surface area contributed by atoms with Gasteiger partial charge in [0.15, 0.2) is 0 Å². The predicted octanol–water partition coefficient (Wildman–Crippen LogP) is 5.85. The summed E-state index contributed by atoms with van der Waals surface area (Å²) < 4.78 is 40.3. The number of pyridine rings is 1. The van der Waals surface area contributed by atoms with E-state index in [1.807, 2.05) is 41.3 Å². The van der Waals surface area contributed by atoms with E-state index < -0.39 is 11.7 Å². The molecule has 0 atom stereocenters. The number of fused-ring (bicyclic) bond motifs is 1. The van der Waals surface area contributed by atoms with Crippen molar-refractivity contribution in [3.8, 4) is 11.1 Å². The Hall–Kier alpha value is -2.73. The number of rotatable bonds is 3. The van der Waals surface area contributed by atoms with Gasteiger partial charge in [-0.1, -0.05) is 41.9 Å². The monoisotopic (exact) mass is 403 g/mol. The Kier molecular flexibility index (Phi) is 4.89. The minimum Gasteiger partial charge on any atom is -0.367 e. The van der Waals surface area contributed by atoms with Crippen LogP contribution in [-0.2, 0) is 12.7 Å². The van der Waals surface area contributed by atoms with Gasteiger partial charge in [-0.15, -0.1) is 0 Å². The fourth-order valence-corrected chi connectivity index (χ4v) is 3.58. The topological polar surface area (TPSA) is 28.2 Å². The minimum absolute atomic E-state index is 0.101. The molecule has 0 amide bonds. The first-order valence-electron chi connectivity index (χ1n) is 8.82. The number of alkyl halides is 3. The molecule has 0 radical (unpaired) electrons. The summed E-state index contributed by atoms with van der Waals surface area (Å²) in [6.07, 6.45) is -2.66. The van der Waals surface area contributed by atoms with Crippen molar-refractivity contribution >= 4 is 23.1 Å². The van der Waals surface area contributed by atoms with Gasteiger partial charge in [0.05, 0.1) is 11.3 Å². The summed E-state index contributed by atoms with van der Waals surface area (Å²) in [4.78, 5) is 6.38. The lowest BCUT2D eigenvalue weighted by Gasteiger charge is -2.32. The van der Waals surface area contributed by atoms with Gasteiger partial charge in [0.2, 0.25) is 0 Å². The molecule has 3 aromatic rings. The van der Waals surface area contributed by atoms with Crippen LogP contribution in [0, 0.1) is 0 Å². The zero-order valence-corrected chi connectivity index (χ0v) is 15.6. The second-order valence-electron chi connectivity index (χ2n) is 6.61. The molecule has 0 spiro atoms. The summed E-state index contributed by atoms with van der Waals surface area (Å²) in [6, 6.07) is 15.4. The molecule has 7 heteroatoms. The molecule has 0 saturated carbocycles. The van der Waals surface area contributed by atoms with E-state index in [1.54, 1.807) is 6.20 Å². The van der Waals surface area contributed by atoms with Gasteiger partial charge in [-0.3, -0.25) is 0 Å². The van der Waals surface area contributed by atoms with E-state index in [4.69, 9.17) is 11.6 Å². The summed E-state index contributed by atoms with van der Waals surface area (Å²) in [7, 11) is 0. The van der Waals surface area contributed by atoms with Crippen molar-refractivity contribution in [1.82, 2.24) is 4.98 Å². The van der Waals surface area contributed by atoms with Crippen LogP contribution in [0.25, 0.3) is 11.1 Å². The Labute approximate surface area is 165 Å². The Morgan fingerprint density at radius 1 is 1.04 bits per heavy atom. The molecule has 0 saturated heterocycles. The van der Waals surface area contributed by atoms with Crippen LogP contribution in [0.4, 0.5) is 24.7 Å². The van der Waals surface area contributed by atoms with Crippen molar-refractivity contribution in [3.05, 3.63) is 76.9 Å². The van der Waals surface area contributed by atoms with Gasteiger partial charge in [-0.25, -0.2) is 4.98 Å². The average Bonchev–Trinajstić information content (AvgIpc) is 2.68. The van der Waals surface area contributed by atoms with Crippen molar-refractivity contribution in [3.63, 3.8) is 0 Å². The van der Waals surface area contributed by atoms with Crippen molar-refractivity contribution in [1.29, 1.82) is 0 Å². The predicted molar refractivity (Wildman–Crippen MR) is 106 cm³/mol. The zero-order valence-electron chi connectivity index (χ0n) is 14.8. The van der Waals surface area contributed by atoms with Crippen LogP contribution >= 0.6 is 11.6 Å². The van der Waals surface area contributed by atoms with Gasteiger partial charge in [-0.2, -0.15) is 13.2 Å². The van der Waals surface area contributed by atoms with E-state index in [1.165, 1.54) is 12.1 Å². The number of hydrogen-bond donors (Lipinski definition) is 1. The lowest BCUT2D eigenvalue weighted by atomic mass is 10.0. The first-order chi connectivity index (χ1) is 13.4. The first kappa shape index (κ1) is 18.6. The fraction of sp³-hybridized carbons (Fsp3) is 0.190. The fourth-order valence-electron chi connectivity index (χ4n) is 3.39. The number of nitrogens with zero attached hydrogens (tertiary/aromatic N) is 2. The van der Waals surface area contributed by atoms with Gasteiger partial charge in [0.1, 0.15) is 5.82 Å². The second-order valence-corrected chi connectivity index (χ2v) is 7.04. The van der Waals surface area contributed by atoms with Crippen LogP contribution in [0.3, 0.4) is 0 Å². The molecule has 0 bridgehead atoms. The molecule has 1 aliphatic heterocycles. The number of aromatic nitrogens is 1. The van der Waals surface area contributed by atoms with Crippen LogP contribution < -0.4 is 10.2 Å². The highest BCUT2D eigenvalue weighted by atomic mass is 35.5. The lowest BCUT2D eigenvalue weighted by Crippen LogP contribution is -2.34. The number of nitrogens with one attached hydrogen (secondary N) is 1. The maximum atomic E-state index is 13.4. The van der Waals surface area contributed by atoms with E-state index in [9.17, 15) is 13.2 Å². The Balaban J connectivity index is 1.72. The standard InChI is InChI=1S/C21H17ClF3N3/c22-17-6-7-18(21(23,24)25)16(10-17)13-28-9-8-26-20-19(28)11-15(12-27-20)14-4-2-1-3-5-14/h1-7,10-12H,8-9,13H2,(H,26,27).